The second-order valence-corrected chi connectivity index (χ2v) is 1.80. The van der Waals surface area contributed by atoms with E-state index < -0.39 is 9.05 Å². The molecule has 0 aliphatic carbocycles. The van der Waals surface area contributed by atoms with E-state index in [-0.39, 0.29) is 89.3 Å². The Balaban J connectivity index is -0.00000000286. The van der Waals surface area contributed by atoms with Crippen LogP contribution in [0.25, 0.3) is 0 Å². The van der Waals surface area contributed by atoms with Crippen molar-refractivity contribution in [1.29, 1.82) is 0 Å². The second-order valence-electron chi connectivity index (χ2n) is 0.600. The molecule has 0 saturated heterocycles. The predicted molar refractivity (Wildman–Crippen MR) is 44.1 cm³/mol. The summed E-state index contributed by atoms with van der Waals surface area (Å²) >= 11 is 0. The van der Waals surface area contributed by atoms with Crippen LogP contribution < -0.4 is 0 Å². The molecule has 0 aromatic rings. The van der Waals surface area contributed by atoms with E-state index in [1.807, 2.05) is 0 Å². The zero-order chi connectivity index (χ0) is 4.50. The van der Waals surface area contributed by atoms with E-state index in [0.29, 0.717) is 0 Å². The van der Waals surface area contributed by atoms with Crippen LogP contribution in [0.15, 0.2) is 0 Å². The van der Waals surface area contributed by atoms with E-state index in [2.05, 4.69) is 0 Å². The molecule has 0 rings (SSSR count). The maximum Gasteiger partial charge on any atom is 2.00 e. The van der Waals surface area contributed by atoms with Crippen molar-refractivity contribution >= 4 is 87.2 Å². The van der Waals surface area contributed by atoms with Crippen molar-refractivity contribution in [2.75, 3.05) is 0 Å². The van der Waals surface area contributed by atoms with Gasteiger partial charge in [-0.2, -0.15) is 0 Å². The zero-order valence-electron chi connectivity index (χ0n) is 8.20. The molecule has 0 saturated carbocycles. The Morgan fingerprint density at radius 1 is 1.00 bits per heavy atom. The van der Waals surface area contributed by atoms with Gasteiger partial charge in [-0.3, -0.25) is 0 Å². The van der Waals surface area contributed by atoms with Gasteiger partial charge in [0.2, 0.25) is 0 Å². The Morgan fingerprint density at radius 3 is 1.00 bits per heavy atom. The molecule has 9 heteroatoms. The molecule has 6 N–H and O–H groups in total. The van der Waals surface area contributed by atoms with Crippen LogP contribution >= 0.6 is 0 Å². The van der Waals surface area contributed by atoms with Gasteiger partial charge in [-0.05, 0) is 0 Å². The molecular weight excluding hydrogens is 199 g/mol. The normalized spacial score (nSPS) is 6.67. The van der Waals surface area contributed by atoms with E-state index in [1.165, 1.54) is 0 Å². The minimum absolute atomic E-state index is 0. The van der Waals surface area contributed by atoms with Gasteiger partial charge in [0.1, 0.15) is 0 Å². The molecule has 0 aromatic carbocycles. The predicted octanol–water partition coefficient (Wildman–Crippen LogP) is -4.93. The van der Waals surface area contributed by atoms with E-state index in [9.17, 15) is 0 Å². The van der Waals surface area contributed by atoms with Crippen LogP contribution in [0.2, 0.25) is 0 Å². The average molecular weight is 213 g/mol. The summed E-state index contributed by atoms with van der Waals surface area (Å²) in [5, 5.41) is 0. The molecule has 0 fully saturated rings. The number of hydrogen-bond donors (Lipinski definition) is 4. The largest absolute Gasteiger partial charge is 2.00 e. The number of rotatable bonds is 0. The fourth-order valence-electron chi connectivity index (χ4n) is 0. The first kappa shape index (κ1) is 29.9. The van der Waals surface area contributed by atoms with Crippen molar-refractivity contribution in [3.63, 3.8) is 0 Å². The third-order valence-electron chi connectivity index (χ3n) is 0. The maximum atomic E-state index is 7.33. The molecule has 0 aliphatic heterocycles. The van der Waals surface area contributed by atoms with E-state index in [1.54, 1.807) is 0 Å². The maximum absolute atomic E-state index is 7.33. The summed E-state index contributed by atoms with van der Waals surface area (Å²) in [6.07, 6.45) is 0. The molecule has 0 heterocycles. The molecule has 5 nitrogen and oxygen atoms in total. The minimum atomic E-state index is -4.61. The molecule has 0 aliphatic rings. The van der Waals surface area contributed by atoms with Crippen LogP contribution in [0.5, 0.6) is 0 Å². The van der Waals surface area contributed by atoms with Crippen LogP contribution in [0.1, 0.15) is 5.71 Å². The molecule has 0 radical (unpaired) electrons. The summed E-state index contributed by atoms with van der Waals surface area (Å²) in [6.45, 7) is 0. The summed E-state index contributed by atoms with van der Waals surface area (Å²) < 4.78 is 0. The van der Waals surface area contributed by atoms with Gasteiger partial charge in [-0.15, -0.1) is 0 Å². The summed E-state index contributed by atoms with van der Waals surface area (Å²) in [4.78, 5) is 29.3. The Morgan fingerprint density at radius 2 is 1.00 bits per heavy atom. The van der Waals surface area contributed by atoms with Crippen molar-refractivity contribution in [2.24, 2.45) is 0 Å². The van der Waals surface area contributed by atoms with Crippen molar-refractivity contribution < 1.29 is 30.4 Å². The quantitative estimate of drug-likeness (QED) is 0.302. The molecule has 0 atom stereocenters. The first-order chi connectivity index (χ1) is 2.00. The van der Waals surface area contributed by atoms with Gasteiger partial charge < -0.3 is 30.4 Å². The van der Waals surface area contributed by atoms with Crippen LogP contribution in [0.3, 0.4) is 0 Å². The fourth-order valence-corrected chi connectivity index (χ4v) is 0. The third-order valence-corrected chi connectivity index (χ3v) is 0. The topological polar surface area (TPSA) is 112 Å². The summed E-state index contributed by atoms with van der Waals surface area (Å²) in [6, 6.07) is 0. The molecular formula is H13AlCaMgO5Si. The summed E-state index contributed by atoms with van der Waals surface area (Å²) in [5.41, 5.74) is 0. The van der Waals surface area contributed by atoms with E-state index >= 15 is 0 Å². The molecule has 0 amide bonds. The molecule has 9 heavy (non-hydrogen) atoms. The molecule has 0 unspecified atom stereocenters. The fraction of sp³-hybridized carbons (Fsp3) is 0. The standard InChI is InChI=1S/Al.Ca.Mg.H4O4Si.H2O.7H/c;;;1-5(2,3)4;;;;;;;;/h;;;1-4H;1H2;;;;;;;/q;2*+2;;;;;;4*-1. The van der Waals surface area contributed by atoms with Crippen molar-refractivity contribution in [1.82, 2.24) is 0 Å². The Kier molecular flexibility index (Phi) is 43.9. The second kappa shape index (κ2) is 13.2. The Labute approximate surface area is 116 Å². The third kappa shape index (κ3) is 117. The SMILES string of the molecule is O.O[Si](O)(O)O.[AlH3].[Ca+2].[H-].[H-].[H-].[H-].[Mg+2]. The van der Waals surface area contributed by atoms with Crippen LogP contribution in [0.4, 0.5) is 0 Å². The van der Waals surface area contributed by atoms with Gasteiger partial charge in [-0.25, -0.2) is 0 Å². The molecule has 0 aromatic heterocycles. The van der Waals surface area contributed by atoms with Gasteiger partial charge in [0.25, 0.3) is 0 Å². The smallest absolute Gasteiger partial charge is 1.00 e. The van der Waals surface area contributed by atoms with Crippen molar-refractivity contribution in [2.45, 2.75) is 0 Å². The minimum Gasteiger partial charge on any atom is -1.00 e. The van der Waals surface area contributed by atoms with Gasteiger partial charge >= 0.3 is 69.8 Å². The summed E-state index contributed by atoms with van der Waals surface area (Å²) in [5.74, 6) is 0. The summed E-state index contributed by atoms with van der Waals surface area (Å²) in [7, 11) is -4.61. The average Bonchev–Trinajstić information content (AvgIpc) is 0.722. The van der Waals surface area contributed by atoms with Gasteiger partial charge in [0.15, 0.2) is 17.4 Å². The monoisotopic (exact) mass is 212 g/mol. The van der Waals surface area contributed by atoms with Crippen LogP contribution in [0, 0.1) is 0 Å². The van der Waals surface area contributed by atoms with Gasteiger partial charge in [-0.1, -0.05) is 0 Å². The van der Waals surface area contributed by atoms with E-state index in [4.69, 9.17) is 19.2 Å². The zero-order valence-corrected chi connectivity index (χ0v) is 8.83. The first-order valence-electron chi connectivity index (χ1n) is 0.894. The molecule has 0 bridgehead atoms. The Hall–Kier alpha value is 2.58. The van der Waals surface area contributed by atoms with Crippen LogP contribution in [-0.4, -0.2) is 112 Å². The van der Waals surface area contributed by atoms with Gasteiger partial charge in [0, 0.05) is 0 Å². The van der Waals surface area contributed by atoms with Crippen molar-refractivity contribution in [3.8, 4) is 0 Å². The molecule has 0 spiro atoms. The van der Waals surface area contributed by atoms with Crippen molar-refractivity contribution in [3.05, 3.63) is 0 Å². The van der Waals surface area contributed by atoms with Gasteiger partial charge in [0.05, 0.1) is 0 Å². The molecule has 54 valence electrons. The number of hydrogen-bond acceptors (Lipinski definition) is 4. The van der Waals surface area contributed by atoms with E-state index in [0.717, 1.165) is 0 Å². The van der Waals surface area contributed by atoms with Crippen LogP contribution in [-0.2, 0) is 0 Å². The Bertz CT molecular complexity index is 44.0. The first-order valence-corrected chi connectivity index (χ1v) is 2.68.